The van der Waals surface area contributed by atoms with Gasteiger partial charge in [0.1, 0.15) is 5.75 Å². The van der Waals surface area contributed by atoms with Gasteiger partial charge in [-0.2, -0.15) is 0 Å². The quantitative estimate of drug-likeness (QED) is 0.382. The minimum absolute atomic E-state index is 0.0674. The van der Waals surface area contributed by atoms with Crippen molar-refractivity contribution in [2.75, 3.05) is 0 Å². The van der Waals surface area contributed by atoms with Crippen LogP contribution in [0.3, 0.4) is 0 Å². The van der Waals surface area contributed by atoms with Crippen molar-refractivity contribution in [2.24, 2.45) is 0 Å². The molecule has 0 amide bonds. The van der Waals surface area contributed by atoms with E-state index in [1.165, 1.54) is 0 Å². The number of aromatic nitrogens is 1. The normalized spacial score (nSPS) is 11.0. The van der Waals surface area contributed by atoms with Gasteiger partial charge in [0.25, 0.3) is 0 Å². The highest BCUT2D eigenvalue weighted by Gasteiger charge is 2.25. The molecule has 0 aliphatic rings. The van der Waals surface area contributed by atoms with E-state index in [-0.39, 0.29) is 11.4 Å². The van der Waals surface area contributed by atoms with Crippen molar-refractivity contribution in [1.82, 2.24) is 4.57 Å². The van der Waals surface area contributed by atoms with E-state index in [1.54, 1.807) is 28.8 Å². The van der Waals surface area contributed by atoms with Gasteiger partial charge in [-0.05, 0) is 55.0 Å². The summed E-state index contributed by atoms with van der Waals surface area (Å²) in [4.78, 5) is 12.2. The third-order valence-corrected chi connectivity index (χ3v) is 5.16. The molecule has 4 aromatic rings. The number of aromatic carboxylic acids is 1. The highest BCUT2D eigenvalue weighted by molar-refractivity contribution is 6.31. The Morgan fingerprint density at radius 2 is 1.62 bits per heavy atom. The second kappa shape index (κ2) is 7.82. The monoisotopic (exact) mass is 425 g/mol. The fourth-order valence-corrected chi connectivity index (χ4v) is 3.57. The van der Waals surface area contributed by atoms with Crippen LogP contribution in [-0.4, -0.2) is 15.6 Å². The SMILES string of the molecule is Cc1ccc(Oc2c(C(=O)O)n(Cc3ccc(Cl)cc3)c3ccc(Cl)cc23)cc1. The molecule has 0 fully saturated rings. The number of ether oxygens (including phenoxy) is 1. The molecule has 4 nitrogen and oxygen atoms in total. The summed E-state index contributed by atoms with van der Waals surface area (Å²) >= 11 is 12.2. The van der Waals surface area contributed by atoms with Crippen molar-refractivity contribution in [3.05, 3.63) is 93.6 Å². The molecule has 0 atom stereocenters. The number of carboxylic acid groups (broad SMARTS) is 1. The lowest BCUT2D eigenvalue weighted by Crippen LogP contribution is -2.10. The van der Waals surface area contributed by atoms with E-state index >= 15 is 0 Å². The van der Waals surface area contributed by atoms with Gasteiger partial charge >= 0.3 is 5.97 Å². The molecule has 4 rings (SSSR count). The van der Waals surface area contributed by atoms with Crippen molar-refractivity contribution < 1.29 is 14.6 Å². The molecule has 1 N–H and O–H groups in total. The number of halogens is 2. The van der Waals surface area contributed by atoms with Gasteiger partial charge in [0.15, 0.2) is 11.4 Å². The van der Waals surface area contributed by atoms with Crippen LogP contribution in [0.15, 0.2) is 66.7 Å². The minimum atomic E-state index is -1.08. The summed E-state index contributed by atoms with van der Waals surface area (Å²) in [5.74, 6) is -0.246. The topological polar surface area (TPSA) is 51.5 Å². The first-order chi connectivity index (χ1) is 13.9. The molecular formula is C23H17Cl2NO3. The summed E-state index contributed by atoms with van der Waals surface area (Å²) in [7, 11) is 0. The Bertz CT molecular complexity index is 1200. The molecular weight excluding hydrogens is 409 g/mol. The zero-order valence-electron chi connectivity index (χ0n) is 15.5. The van der Waals surface area contributed by atoms with Crippen molar-refractivity contribution in [3.8, 4) is 11.5 Å². The molecule has 29 heavy (non-hydrogen) atoms. The van der Waals surface area contributed by atoms with Gasteiger partial charge in [-0.25, -0.2) is 4.79 Å². The number of carboxylic acids is 1. The summed E-state index contributed by atoms with van der Waals surface area (Å²) in [6.07, 6.45) is 0. The highest BCUT2D eigenvalue weighted by atomic mass is 35.5. The highest BCUT2D eigenvalue weighted by Crippen LogP contribution is 2.38. The average molecular weight is 426 g/mol. The lowest BCUT2D eigenvalue weighted by molar-refractivity contribution is 0.0683. The van der Waals surface area contributed by atoms with Gasteiger partial charge in [0.05, 0.1) is 5.52 Å². The van der Waals surface area contributed by atoms with E-state index in [0.717, 1.165) is 16.6 Å². The van der Waals surface area contributed by atoms with Crippen LogP contribution in [0.25, 0.3) is 10.9 Å². The molecule has 6 heteroatoms. The number of nitrogens with zero attached hydrogens (tertiary/aromatic N) is 1. The summed E-state index contributed by atoms with van der Waals surface area (Å²) in [5, 5.41) is 11.8. The van der Waals surface area contributed by atoms with Crippen LogP contribution in [0.5, 0.6) is 11.5 Å². The van der Waals surface area contributed by atoms with Gasteiger partial charge in [0, 0.05) is 22.0 Å². The number of fused-ring (bicyclic) bond motifs is 1. The number of benzene rings is 3. The first-order valence-corrected chi connectivity index (χ1v) is 9.72. The number of carbonyl (C=O) groups is 1. The Morgan fingerprint density at radius 1 is 0.966 bits per heavy atom. The molecule has 0 bridgehead atoms. The van der Waals surface area contributed by atoms with Gasteiger partial charge in [-0.15, -0.1) is 0 Å². The maximum Gasteiger partial charge on any atom is 0.356 e. The first-order valence-electron chi connectivity index (χ1n) is 8.96. The first kappa shape index (κ1) is 19.4. The third-order valence-electron chi connectivity index (χ3n) is 4.68. The molecule has 1 aromatic heterocycles. The van der Waals surface area contributed by atoms with Crippen LogP contribution < -0.4 is 4.74 Å². The van der Waals surface area contributed by atoms with Gasteiger partial charge < -0.3 is 14.4 Å². The van der Waals surface area contributed by atoms with Crippen LogP contribution >= 0.6 is 23.2 Å². The number of aryl methyl sites for hydroxylation is 1. The van der Waals surface area contributed by atoms with E-state index in [9.17, 15) is 9.90 Å². The Balaban J connectivity index is 1.90. The van der Waals surface area contributed by atoms with Gasteiger partial charge in [0.2, 0.25) is 0 Å². The van der Waals surface area contributed by atoms with Crippen LogP contribution in [0.1, 0.15) is 21.6 Å². The van der Waals surface area contributed by atoms with Crippen LogP contribution in [0.2, 0.25) is 10.0 Å². The maximum atomic E-state index is 12.2. The second-order valence-electron chi connectivity index (χ2n) is 6.77. The standard InChI is InChI=1S/C23H17Cl2NO3/c1-14-2-9-18(10-3-14)29-22-19-12-17(25)8-11-20(19)26(21(22)23(27)28)13-15-4-6-16(24)7-5-15/h2-12H,13H2,1H3,(H,27,28). The van der Waals surface area contributed by atoms with Crippen molar-refractivity contribution in [1.29, 1.82) is 0 Å². The Kier molecular flexibility index (Phi) is 5.22. The van der Waals surface area contributed by atoms with E-state index in [1.807, 2.05) is 49.4 Å². The molecule has 0 unspecified atom stereocenters. The summed E-state index contributed by atoms with van der Waals surface area (Å²) in [6.45, 7) is 2.33. The fourth-order valence-electron chi connectivity index (χ4n) is 3.27. The fraction of sp³-hybridized carbons (Fsp3) is 0.0870. The zero-order valence-corrected chi connectivity index (χ0v) is 17.0. The molecule has 1 heterocycles. The Hall–Kier alpha value is -2.95. The number of hydrogen-bond donors (Lipinski definition) is 1. The summed E-state index contributed by atoms with van der Waals surface area (Å²) < 4.78 is 7.77. The predicted molar refractivity (Wildman–Crippen MR) is 116 cm³/mol. The minimum Gasteiger partial charge on any atom is -0.476 e. The lowest BCUT2D eigenvalue weighted by Gasteiger charge is -2.10. The van der Waals surface area contributed by atoms with Crippen molar-refractivity contribution in [3.63, 3.8) is 0 Å². The van der Waals surface area contributed by atoms with Crippen LogP contribution in [0, 0.1) is 6.92 Å². The van der Waals surface area contributed by atoms with Gasteiger partial charge in [-0.1, -0.05) is 53.0 Å². The second-order valence-corrected chi connectivity index (χ2v) is 7.64. The van der Waals surface area contributed by atoms with E-state index in [0.29, 0.717) is 27.7 Å². The van der Waals surface area contributed by atoms with Gasteiger partial charge in [-0.3, -0.25) is 0 Å². The Labute approximate surface area is 177 Å². The zero-order chi connectivity index (χ0) is 20.5. The molecule has 0 aliphatic heterocycles. The van der Waals surface area contributed by atoms with Crippen LogP contribution in [0.4, 0.5) is 0 Å². The average Bonchev–Trinajstić information content (AvgIpc) is 2.98. The maximum absolute atomic E-state index is 12.2. The van der Waals surface area contributed by atoms with E-state index in [4.69, 9.17) is 27.9 Å². The molecule has 0 radical (unpaired) electrons. The molecule has 3 aromatic carbocycles. The summed E-state index contributed by atoms with van der Waals surface area (Å²) in [5.41, 5.74) is 2.80. The lowest BCUT2D eigenvalue weighted by atomic mass is 10.2. The van der Waals surface area contributed by atoms with Crippen molar-refractivity contribution >= 4 is 40.1 Å². The van der Waals surface area contributed by atoms with Crippen LogP contribution in [-0.2, 0) is 6.54 Å². The largest absolute Gasteiger partial charge is 0.476 e. The van der Waals surface area contributed by atoms with Crippen molar-refractivity contribution in [2.45, 2.75) is 13.5 Å². The van der Waals surface area contributed by atoms with E-state index < -0.39 is 5.97 Å². The molecule has 146 valence electrons. The Morgan fingerprint density at radius 3 is 2.28 bits per heavy atom. The molecule has 0 aliphatic carbocycles. The molecule has 0 saturated carbocycles. The third kappa shape index (κ3) is 3.95. The molecule has 0 saturated heterocycles. The van der Waals surface area contributed by atoms with E-state index in [2.05, 4.69) is 0 Å². The number of hydrogen-bond acceptors (Lipinski definition) is 2. The molecule has 0 spiro atoms. The number of rotatable bonds is 5. The smallest absolute Gasteiger partial charge is 0.356 e. The summed E-state index contributed by atoms with van der Waals surface area (Å²) in [6, 6.07) is 20.0. The predicted octanol–water partition coefficient (Wildman–Crippen LogP) is 6.80.